The largest absolute Gasteiger partial charge is 1.00 e. The van der Waals surface area contributed by atoms with E-state index in [0.29, 0.717) is 4.90 Å². The van der Waals surface area contributed by atoms with Crippen molar-refractivity contribution >= 4 is 22.0 Å². The molecule has 0 saturated carbocycles. The third-order valence-electron chi connectivity index (χ3n) is 2.33. The number of rotatable bonds is 7. The Morgan fingerprint density at radius 1 is 1.38 bits per heavy atom. The third kappa shape index (κ3) is 6.31. The standard InChI is InChI=1S/C12H19NO6S.Na/c1-6-10(14)13(9(5)12(15)19-7-2)11(8(3)4)20(16,17)18;/h6,8,11H,1,5,7H2,2-4H3,(H,16,17,18);/q;+1/p-1. The van der Waals surface area contributed by atoms with Crippen LogP contribution in [0.25, 0.3) is 0 Å². The molecule has 0 aliphatic carbocycles. The first-order valence-corrected chi connectivity index (χ1v) is 7.31. The van der Waals surface area contributed by atoms with Gasteiger partial charge in [0.15, 0.2) is 0 Å². The van der Waals surface area contributed by atoms with Crippen LogP contribution in [0.5, 0.6) is 0 Å². The maximum atomic E-state index is 11.8. The summed E-state index contributed by atoms with van der Waals surface area (Å²) in [6.07, 6.45) is 0.797. The van der Waals surface area contributed by atoms with Crippen LogP contribution in [0.15, 0.2) is 24.9 Å². The molecule has 0 rings (SSSR count). The van der Waals surface area contributed by atoms with E-state index in [0.717, 1.165) is 6.08 Å². The van der Waals surface area contributed by atoms with Crippen LogP contribution < -0.4 is 29.6 Å². The summed E-state index contributed by atoms with van der Waals surface area (Å²) in [5.41, 5.74) is -0.519. The molecule has 0 saturated heterocycles. The molecule has 7 nitrogen and oxygen atoms in total. The van der Waals surface area contributed by atoms with Crippen molar-refractivity contribution in [2.24, 2.45) is 5.92 Å². The molecule has 0 aromatic carbocycles. The number of nitrogens with zero attached hydrogens (tertiary/aromatic N) is 1. The topological polar surface area (TPSA) is 104 Å². The first-order chi connectivity index (χ1) is 9.07. The molecule has 21 heavy (non-hydrogen) atoms. The molecule has 114 valence electrons. The smallest absolute Gasteiger partial charge is 0.746 e. The fourth-order valence-corrected chi connectivity index (χ4v) is 2.74. The van der Waals surface area contributed by atoms with Crippen LogP contribution in [-0.2, 0) is 24.4 Å². The van der Waals surface area contributed by atoms with Gasteiger partial charge in [0, 0.05) is 0 Å². The van der Waals surface area contributed by atoms with Crippen LogP contribution in [0.1, 0.15) is 20.8 Å². The second kappa shape index (κ2) is 9.37. The predicted molar refractivity (Wildman–Crippen MR) is 71.1 cm³/mol. The van der Waals surface area contributed by atoms with Gasteiger partial charge in [-0.25, -0.2) is 13.2 Å². The summed E-state index contributed by atoms with van der Waals surface area (Å²) in [7, 11) is -4.87. The Bertz CT molecular complexity index is 514. The van der Waals surface area contributed by atoms with E-state index in [2.05, 4.69) is 17.9 Å². The normalized spacial score (nSPS) is 12.0. The first kappa shape index (κ1) is 22.6. The molecule has 0 aliphatic heterocycles. The quantitative estimate of drug-likeness (QED) is 0.224. The number of carbonyl (C=O) groups excluding carboxylic acids is 2. The van der Waals surface area contributed by atoms with Crippen LogP contribution in [-0.4, -0.2) is 41.7 Å². The number of hydrogen-bond donors (Lipinski definition) is 0. The summed E-state index contributed by atoms with van der Waals surface area (Å²) in [6.45, 7) is 11.0. The molecule has 0 N–H and O–H groups in total. The van der Waals surface area contributed by atoms with Gasteiger partial charge in [0.2, 0.25) is 0 Å². The summed E-state index contributed by atoms with van der Waals surface area (Å²) in [6, 6.07) is 0. The van der Waals surface area contributed by atoms with Crippen LogP contribution in [0, 0.1) is 5.92 Å². The Kier molecular flexibility index (Phi) is 10.1. The van der Waals surface area contributed by atoms with Crippen LogP contribution in [0.3, 0.4) is 0 Å². The summed E-state index contributed by atoms with van der Waals surface area (Å²) >= 11 is 0. The fraction of sp³-hybridized carbons (Fsp3) is 0.500. The van der Waals surface area contributed by atoms with Crippen molar-refractivity contribution < 1.29 is 56.9 Å². The van der Waals surface area contributed by atoms with Crippen molar-refractivity contribution in [1.82, 2.24) is 4.90 Å². The van der Waals surface area contributed by atoms with Crippen LogP contribution in [0.4, 0.5) is 0 Å². The minimum atomic E-state index is -4.87. The van der Waals surface area contributed by atoms with E-state index < -0.39 is 39.0 Å². The molecule has 0 radical (unpaired) electrons. The zero-order valence-corrected chi connectivity index (χ0v) is 15.5. The molecule has 0 spiro atoms. The number of ether oxygens (including phenoxy) is 1. The van der Waals surface area contributed by atoms with Gasteiger partial charge in [-0.3, -0.25) is 9.69 Å². The van der Waals surface area contributed by atoms with E-state index in [1.165, 1.54) is 20.8 Å². The zero-order valence-electron chi connectivity index (χ0n) is 12.7. The van der Waals surface area contributed by atoms with Crippen LogP contribution >= 0.6 is 0 Å². The number of amides is 1. The third-order valence-corrected chi connectivity index (χ3v) is 3.68. The molecule has 1 unspecified atom stereocenters. The number of hydrogen-bond acceptors (Lipinski definition) is 6. The molecule has 0 aliphatic rings. The van der Waals surface area contributed by atoms with E-state index in [1.807, 2.05) is 0 Å². The zero-order chi connectivity index (χ0) is 16.1. The van der Waals surface area contributed by atoms with Crippen molar-refractivity contribution in [3.63, 3.8) is 0 Å². The van der Waals surface area contributed by atoms with Crippen LogP contribution in [0.2, 0.25) is 0 Å². The molecule has 0 bridgehead atoms. The molecular weight excluding hydrogens is 309 g/mol. The average Bonchev–Trinajstić information content (AvgIpc) is 2.32. The Morgan fingerprint density at radius 3 is 2.14 bits per heavy atom. The monoisotopic (exact) mass is 327 g/mol. The first-order valence-electron chi connectivity index (χ1n) is 5.84. The van der Waals surface area contributed by atoms with Crippen molar-refractivity contribution in [3.8, 4) is 0 Å². The van der Waals surface area contributed by atoms with Gasteiger partial charge in [0.05, 0.1) is 6.61 Å². The fourth-order valence-electron chi connectivity index (χ4n) is 1.58. The average molecular weight is 327 g/mol. The maximum Gasteiger partial charge on any atom is 1.00 e. The predicted octanol–water partition coefficient (Wildman–Crippen LogP) is -2.39. The number of esters is 1. The second-order valence-corrected chi connectivity index (χ2v) is 5.68. The molecule has 9 heteroatoms. The Labute approximate surface area is 147 Å². The molecular formula is C12H18NNaO6S. The van der Waals surface area contributed by atoms with E-state index >= 15 is 0 Å². The van der Waals surface area contributed by atoms with E-state index in [9.17, 15) is 22.6 Å². The van der Waals surface area contributed by atoms with Gasteiger partial charge in [-0.15, -0.1) is 0 Å². The Balaban J connectivity index is 0. The van der Waals surface area contributed by atoms with E-state index in [-0.39, 0.29) is 36.2 Å². The summed E-state index contributed by atoms with van der Waals surface area (Å²) in [4.78, 5) is 23.9. The van der Waals surface area contributed by atoms with Crippen molar-refractivity contribution in [2.45, 2.75) is 26.1 Å². The van der Waals surface area contributed by atoms with Gasteiger partial charge in [-0.1, -0.05) is 27.0 Å². The van der Waals surface area contributed by atoms with E-state index in [1.54, 1.807) is 0 Å². The molecule has 1 atom stereocenters. The maximum absolute atomic E-state index is 11.8. The summed E-state index contributed by atoms with van der Waals surface area (Å²) < 4.78 is 38.7. The van der Waals surface area contributed by atoms with Gasteiger partial charge in [0.1, 0.15) is 21.2 Å². The molecule has 1 amide bonds. The molecule has 0 aromatic rings. The Morgan fingerprint density at radius 2 is 1.86 bits per heavy atom. The minimum absolute atomic E-state index is 0. The van der Waals surface area contributed by atoms with Gasteiger partial charge in [0.25, 0.3) is 5.91 Å². The minimum Gasteiger partial charge on any atom is -0.746 e. The van der Waals surface area contributed by atoms with Crippen molar-refractivity contribution in [3.05, 3.63) is 24.9 Å². The van der Waals surface area contributed by atoms with Gasteiger partial charge >= 0.3 is 35.5 Å². The van der Waals surface area contributed by atoms with E-state index in [4.69, 9.17) is 0 Å². The Hall–Kier alpha value is -0.670. The van der Waals surface area contributed by atoms with Gasteiger partial charge < -0.3 is 9.29 Å². The molecule has 0 heterocycles. The van der Waals surface area contributed by atoms with Crippen molar-refractivity contribution in [2.75, 3.05) is 6.61 Å². The van der Waals surface area contributed by atoms with Gasteiger partial charge in [-0.2, -0.15) is 0 Å². The summed E-state index contributed by atoms with van der Waals surface area (Å²) in [5, 5.41) is -1.76. The SMILES string of the molecule is C=CC(=O)N(C(=C)C(=O)OCC)C(C(C)C)S(=O)(=O)[O-].[Na+]. The second-order valence-electron chi connectivity index (χ2n) is 4.21. The van der Waals surface area contributed by atoms with Gasteiger partial charge in [-0.05, 0) is 18.9 Å². The van der Waals surface area contributed by atoms with Crippen molar-refractivity contribution in [1.29, 1.82) is 0 Å². The molecule has 0 fully saturated rings. The number of carbonyl (C=O) groups is 2. The summed E-state index contributed by atoms with van der Waals surface area (Å²) in [5.74, 6) is -2.63. The molecule has 0 aromatic heterocycles.